The van der Waals surface area contributed by atoms with E-state index in [-0.39, 0.29) is 24.3 Å². The number of carboxylic acid groups (broad SMARTS) is 1. The standard InChI is InChI=1S/C27H42N2O7S/c1-14(10-18-13-37-17(4)29-18)19(28)11-22-27(7,36-22)9-8-20(30)15(2)24(34)16(3)25(35)26(5,6)21(31)12-23(32)33/h10,13,15-16,19,21-22,24,31,34H,8-9,11-12,28H2,1-7H3,(H,32,33)/t15?,16-,19?,21+,22?,24+,27-/m1/s1. The highest BCUT2D eigenvalue weighted by atomic mass is 32.1. The van der Waals surface area contributed by atoms with Crippen molar-refractivity contribution in [1.29, 1.82) is 0 Å². The van der Waals surface area contributed by atoms with Gasteiger partial charge in [0.05, 0.1) is 46.5 Å². The molecule has 10 heteroatoms. The maximum absolute atomic E-state index is 12.9. The lowest BCUT2D eigenvalue weighted by molar-refractivity contribution is -0.147. The molecule has 1 aliphatic rings. The van der Waals surface area contributed by atoms with Crippen molar-refractivity contribution < 1.29 is 34.4 Å². The van der Waals surface area contributed by atoms with Crippen LogP contribution in [0.15, 0.2) is 11.0 Å². The highest BCUT2D eigenvalue weighted by Gasteiger charge is 2.52. The summed E-state index contributed by atoms with van der Waals surface area (Å²) in [7, 11) is 0. The van der Waals surface area contributed by atoms with Crippen LogP contribution in [0, 0.1) is 24.2 Å². The Balaban J connectivity index is 1.88. The molecule has 208 valence electrons. The molecule has 1 saturated heterocycles. The second kappa shape index (κ2) is 12.3. The van der Waals surface area contributed by atoms with Crippen molar-refractivity contribution in [2.75, 3.05) is 0 Å². The van der Waals surface area contributed by atoms with Crippen LogP contribution in [-0.2, 0) is 19.1 Å². The maximum atomic E-state index is 12.9. The summed E-state index contributed by atoms with van der Waals surface area (Å²) < 4.78 is 5.89. The normalized spacial score (nSPS) is 24.2. The van der Waals surface area contributed by atoms with Crippen molar-refractivity contribution in [1.82, 2.24) is 4.98 Å². The number of aliphatic carboxylic acids is 1. The van der Waals surface area contributed by atoms with Crippen LogP contribution in [0.3, 0.4) is 0 Å². The molecule has 1 aromatic heterocycles. The molecule has 5 N–H and O–H groups in total. The number of aliphatic hydroxyl groups is 2. The number of nitrogens with zero attached hydrogens (tertiary/aromatic N) is 1. The van der Waals surface area contributed by atoms with Crippen LogP contribution in [0.25, 0.3) is 6.08 Å². The Bertz CT molecular complexity index is 1020. The van der Waals surface area contributed by atoms with Crippen LogP contribution >= 0.6 is 11.3 Å². The van der Waals surface area contributed by atoms with E-state index >= 15 is 0 Å². The van der Waals surface area contributed by atoms with Gasteiger partial charge in [0.25, 0.3) is 0 Å². The molecule has 2 heterocycles. The summed E-state index contributed by atoms with van der Waals surface area (Å²) in [5.41, 5.74) is 6.41. The van der Waals surface area contributed by atoms with E-state index in [1.165, 1.54) is 20.8 Å². The number of rotatable bonds is 15. The quantitative estimate of drug-likeness (QED) is 0.246. The fourth-order valence-electron chi connectivity index (χ4n) is 4.56. The lowest BCUT2D eigenvalue weighted by Gasteiger charge is -2.33. The van der Waals surface area contributed by atoms with Gasteiger partial charge in [-0.3, -0.25) is 14.4 Å². The van der Waals surface area contributed by atoms with Gasteiger partial charge in [0, 0.05) is 29.7 Å². The highest BCUT2D eigenvalue weighted by Crippen LogP contribution is 2.43. The molecule has 0 radical (unpaired) electrons. The first-order valence-electron chi connectivity index (χ1n) is 12.7. The van der Waals surface area contributed by atoms with Gasteiger partial charge in [-0.15, -0.1) is 11.3 Å². The zero-order valence-corrected chi connectivity index (χ0v) is 23.7. The Morgan fingerprint density at radius 1 is 1.27 bits per heavy atom. The molecule has 9 nitrogen and oxygen atoms in total. The number of aryl methyl sites for hydroxylation is 1. The molecule has 0 saturated carbocycles. The molecule has 1 aliphatic heterocycles. The van der Waals surface area contributed by atoms with Gasteiger partial charge in [-0.1, -0.05) is 33.3 Å². The maximum Gasteiger partial charge on any atom is 0.306 e. The van der Waals surface area contributed by atoms with E-state index in [1.807, 2.05) is 32.2 Å². The summed E-state index contributed by atoms with van der Waals surface area (Å²) in [6.45, 7) is 11.8. The number of hydrogen-bond acceptors (Lipinski definition) is 9. The summed E-state index contributed by atoms with van der Waals surface area (Å²) in [6, 6.07) is -0.197. The van der Waals surface area contributed by atoms with Crippen molar-refractivity contribution in [2.24, 2.45) is 23.0 Å². The van der Waals surface area contributed by atoms with Crippen LogP contribution in [0.2, 0.25) is 0 Å². The van der Waals surface area contributed by atoms with Gasteiger partial charge in [-0.2, -0.15) is 0 Å². The van der Waals surface area contributed by atoms with Crippen molar-refractivity contribution in [3.63, 3.8) is 0 Å². The SMILES string of the molecule is CC(=Cc1csc(C)n1)C(N)CC1O[C@]1(C)CCC(=O)C(C)[C@H](O)[C@@H](C)C(=O)C(C)(C)[C@@H](O)CC(=O)O. The van der Waals surface area contributed by atoms with Crippen molar-refractivity contribution >= 4 is 34.9 Å². The Labute approximate surface area is 223 Å². The number of ether oxygens (including phenoxy) is 1. The smallest absolute Gasteiger partial charge is 0.306 e. The van der Waals surface area contributed by atoms with E-state index < -0.39 is 53.2 Å². The zero-order chi connectivity index (χ0) is 28.3. The minimum atomic E-state index is -1.41. The number of thiazole rings is 1. The van der Waals surface area contributed by atoms with E-state index in [9.17, 15) is 24.6 Å². The summed E-state index contributed by atoms with van der Waals surface area (Å²) in [6.07, 6.45) is -0.0717. The number of Topliss-reactive ketones (excluding diaryl/α,β-unsaturated/α-hetero) is 2. The second-order valence-corrected chi connectivity index (χ2v) is 12.2. The van der Waals surface area contributed by atoms with E-state index in [0.29, 0.717) is 12.8 Å². The second-order valence-electron chi connectivity index (χ2n) is 11.2. The Kier molecular flexibility index (Phi) is 10.3. The molecule has 37 heavy (non-hydrogen) atoms. The summed E-state index contributed by atoms with van der Waals surface area (Å²) in [4.78, 5) is 41.2. The predicted octanol–water partition coefficient (Wildman–Crippen LogP) is 3.14. The lowest BCUT2D eigenvalue weighted by Crippen LogP contribution is -2.46. The summed E-state index contributed by atoms with van der Waals surface area (Å²) >= 11 is 1.58. The van der Waals surface area contributed by atoms with E-state index in [2.05, 4.69) is 4.98 Å². The number of carbonyl (C=O) groups excluding carboxylic acids is 2. The van der Waals surface area contributed by atoms with Gasteiger partial charge in [0.1, 0.15) is 11.6 Å². The fourth-order valence-corrected chi connectivity index (χ4v) is 5.13. The third-order valence-corrected chi connectivity index (χ3v) is 8.54. The van der Waals surface area contributed by atoms with Crippen molar-refractivity contribution in [2.45, 2.75) is 104 Å². The average molecular weight is 539 g/mol. The molecular weight excluding hydrogens is 496 g/mol. The number of nitrogens with two attached hydrogens (primary N) is 1. The number of aliphatic hydroxyl groups excluding tert-OH is 2. The molecule has 0 spiro atoms. The first kappa shape index (κ1) is 31.2. The first-order valence-corrected chi connectivity index (χ1v) is 13.6. The number of ketones is 2. The third kappa shape index (κ3) is 8.00. The largest absolute Gasteiger partial charge is 0.481 e. The molecule has 3 unspecified atom stereocenters. The summed E-state index contributed by atoms with van der Waals surface area (Å²) in [5, 5.41) is 32.9. The molecule has 7 atom stereocenters. The Hall–Kier alpha value is -1.98. The summed E-state index contributed by atoms with van der Waals surface area (Å²) in [5.74, 6) is -3.66. The highest BCUT2D eigenvalue weighted by molar-refractivity contribution is 7.09. The zero-order valence-electron chi connectivity index (χ0n) is 22.9. The van der Waals surface area contributed by atoms with Gasteiger partial charge < -0.3 is 25.8 Å². The molecule has 1 fully saturated rings. The molecule has 0 aromatic carbocycles. The van der Waals surface area contributed by atoms with Gasteiger partial charge in [-0.05, 0) is 39.7 Å². The molecule has 1 aromatic rings. The van der Waals surface area contributed by atoms with E-state index in [4.69, 9.17) is 15.6 Å². The number of carbonyl (C=O) groups is 3. The van der Waals surface area contributed by atoms with E-state index in [0.717, 1.165) is 16.3 Å². The molecule has 2 rings (SSSR count). The van der Waals surface area contributed by atoms with Crippen molar-refractivity contribution in [3.8, 4) is 0 Å². The van der Waals surface area contributed by atoms with Gasteiger partial charge in [0.15, 0.2) is 0 Å². The van der Waals surface area contributed by atoms with Crippen LogP contribution < -0.4 is 5.73 Å². The number of carboxylic acids is 1. The minimum absolute atomic E-state index is 0.0759. The number of epoxide rings is 1. The minimum Gasteiger partial charge on any atom is -0.481 e. The van der Waals surface area contributed by atoms with Crippen LogP contribution in [0.4, 0.5) is 0 Å². The Morgan fingerprint density at radius 3 is 2.43 bits per heavy atom. The molecular formula is C27H42N2O7S. The van der Waals surface area contributed by atoms with Crippen LogP contribution in [-0.4, -0.2) is 67.8 Å². The van der Waals surface area contributed by atoms with Crippen molar-refractivity contribution in [3.05, 3.63) is 21.7 Å². The fraction of sp³-hybridized carbons (Fsp3) is 0.704. The average Bonchev–Trinajstić information content (AvgIpc) is 3.26. The third-order valence-electron chi connectivity index (χ3n) is 7.75. The monoisotopic (exact) mass is 538 g/mol. The molecule has 0 aliphatic carbocycles. The van der Waals surface area contributed by atoms with Gasteiger partial charge >= 0.3 is 5.97 Å². The van der Waals surface area contributed by atoms with Gasteiger partial charge in [-0.25, -0.2) is 4.98 Å². The van der Waals surface area contributed by atoms with Crippen LogP contribution in [0.1, 0.15) is 77.9 Å². The first-order chi connectivity index (χ1) is 17.0. The Morgan fingerprint density at radius 2 is 1.89 bits per heavy atom. The lowest BCUT2D eigenvalue weighted by atomic mass is 9.73. The van der Waals surface area contributed by atoms with E-state index in [1.54, 1.807) is 18.3 Å². The number of hydrogen-bond donors (Lipinski definition) is 4. The van der Waals surface area contributed by atoms with Crippen LogP contribution in [0.5, 0.6) is 0 Å². The molecule has 0 amide bonds. The van der Waals surface area contributed by atoms with Gasteiger partial charge in [0.2, 0.25) is 0 Å². The topological polar surface area (TPSA) is 163 Å². The predicted molar refractivity (Wildman–Crippen MR) is 142 cm³/mol. The molecule has 0 bridgehead atoms. The number of aromatic nitrogens is 1.